The Hall–Kier alpha value is -2.81. The van der Waals surface area contributed by atoms with Gasteiger partial charge in [-0.2, -0.15) is 5.10 Å². The van der Waals surface area contributed by atoms with E-state index >= 15 is 0 Å². The molecule has 4 heterocycles. The molecule has 1 fully saturated rings. The van der Waals surface area contributed by atoms with E-state index in [1.807, 2.05) is 59.0 Å². The van der Waals surface area contributed by atoms with Gasteiger partial charge in [0.05, 0.1) is 29.6 Å². The SMILES string of the molecule is Cc1ccccc1CC(=O)N1CCN(CC(=O)N2N=C(c3cccs3)CC2c2cccs2)CC1. The van der Waals surface area contributed by atoms with Gasteiger partial charge in [-0.3, -0.25) is 14.5 Å². The number of carbonyl (C=O) groups is 2. The van der Waals surface area contributed by atoms with Crippen molar-refractivity contribution in [2.24, 2.45) is 5.10 Å². The van der Waals surface area contributed by atoms with Gasteiger partial charge in [0.1, 0.15) is 0 Å². The number of rotatable bonds is 6. The lowest BCUT2D eigenvalue weighted by atomic mass is 10.1. The number of amides is 2. The Morgan fingerprint density at radius 3 is 2.41 bits per heavy atom. The Morgan fingerprint density at radius 2 is 1.71 bits per heavy atom. The molecule has 0 aliphatic carbocycles. The van der Waals surface area contributed by atoms with Crippen LogP contribution < -0.4 is 0 Å². The van der Waals surface area contributed by atoms with Gasteiger partial charge in [0.15, 0.2) is 0 Å². The highest BCUT2D eigenvalue weighted by Gasteiger charge is 2.35. The van der Waals surface area contributed by atoms with Crippen molar-refractivity contribution >= 4 is 40.2 Å². The molecule has 1 saturated heterocycles. The van der Waals surface area contributed by atoms with Crippen LogP contribution in [-0.2, 0) is 16.0 Å². The maximum atomic E-state index is 13.3. The highest BCUT2D eigenvalue weighted by molar-refractivity contribution is 7.12. The number of piperazine rings is 1. The number of hydrogen-bond donors (Lipinski definition) is 0. The highest BCUT2D eigenvalue weighted by atomic mass is 32.1. The second-order valence-electron chi connectivity index (χ2n) is 8.76. The number of nitrogens with zero attached hydrogens (tertiary/aromatic N) is 4. The van der Waals surface area contributed by atoms with E-state index in [0.717, 1.165) is 33.0 Å². The first-order valence-corrected chi connectivity index (χ1v) is 13.4. The standard InChI is InChI=1S/C26H28N4O2S2/c1-19-6-2-3-7-20(19)16-25(31)29-12-10-28(11-13-29)18-26(32)30-22(24-9-5-15-34-24)17-21(27-30)23-8-4-14-33-23/h2-9,14-15,22H,10-13,16-18H2,1H3. The van der Waals surface area contributed by atoms with Crippen LogP contribution in [0.4, 0.5) is 0 Å². The molecule has 0 radical (unpaired) electrons. The van der Waals surface area contributed by atoms with Gasteiger partial charge in [-0.05, 0) is 40.9 Å². The molecule has 2 amide bonds. The summed E-state index contributed by atoms with van der Waals surface area (Å²) in [4.78, 5) is 32.5. The van der Waals surface area contributed by atoms with Gasteiger partial charge in [0.2, 0.25) is 5.91 Å². The summed E-state index contributed by atoms with van der Waals surface area (Å²) < 4.78 is 0. The number of thiophene rings is 2. The molecule has 34 heavy (non-hydrogen) atoms. The minimum Gasteiger partial charge on any atom is -0.340 e. The minimum absolute atomic E-state index is 0.0182. The van der Waals surface area contributed by atoms with Crippen molar-refractivity contribution in [3.05, 3.63) is 80.2 Å². The Bertz CT molecular complexity index is 1170. The van der Waals surface area contributed by atoms with E-state index in [9.17, 15) is 9.59 Å². The molecule has 2 aliphatic heterocycles. The summed E-state index contributed by atoms with van der Waals surface area (Å²) in [6.07, 6.45) is 1.18. The second kappa shape index (κ2) is 10.2. The second-order valence-corrected chi connectivity index (χ2v) is 10.7. The molecule has 6 nitrogen and oxygen atoms in total. The van der Waals surface area contributed by atoms with Gasteiger partial charge in [0, 0.05) is 37.5 Å². The molecule has 1 unspecified atom stereocenters. The molecule has 1 aromatic carbocycles. The molecule has 2 aliphatic rings. The van der Waals surface area contributed by atoms with Crippen LogP contribution in [0.5, 0.6) is 0 Å². The zero-order valence-corrected chi connectivity index (χ0v) is 20.9. The first kappa shape index (κ1) is 23.0. The predicted molar refractivity (Wildman–Crippen MR) is 137 cm³/mol. The fourth-order valence-electron chi connectivity index (χ4n) is 4.54. The summed E-state index contributed by atoms with van der Waals surface area (Å²) in [6, 6.07) is 16.2. The largest absolute Gasteiger partial charge is 0.340 e. The third-order valence-electron chi connectivity index (χ3n) is 6.53. The van der Waals surface area contributed by atoms with Crippen LogP contribution >= 0.6 is 22.7 Å². The minimum atomic E-state index is -0.0402. The first-order chi connectivity index (χ1) is 16.6. The van der Waals surface area contributed by atoms with Crippen molar-refractivity contribution in [3.63, 3.8) is 0 Å². The molecular weight excluding hydrogens is 464 g/mol. The smallest absolute Gasteiger partial charge is 0.257 e. The summed E-state index contributed by atoms with van der Waals surface area (Å²) in [7, 11) is 0. The van der Waals surface area contributed by atoms with Gasteiger partial charge in [-0.1, -0.05) is 36.4 Å². The maximum absolute atomic E-state index is 13.3. The summed E-state index contributed by atoms with van der Waals surface area (Å²) in [6.45, 7) is 5.06. The quantitative estimate of drug-likeness (QED) is 0.519. The van der Waals surface area contributed by atoms with Crippen molar-refractivity contribution in [2.75, 3.05) is 32.7 Å². The Labute approximate surface area is 208 Å². The normalized spacial score (nSPS) is 18.9. The molecule has 0 saturated carbocycles. The number of benzene rings is 1. The van der Waals surface area contributed by atoms with Gasteiger partial charge in [0.25, 0.3) is 5.91 Å². The van der Waals surface area contributed by atoms with Crippen molar-refractivity contribution in [1.82, 2.24) is 14.8 Å². The highest BCUT2D eigenvalue weighted by Crippen LogP contribution is 2.36. The van der Waals surface area contributed by atoms with Gasteiger partial charge >= 0.3 is 0 Å². The van der Waals surface area contributed by atoms with E-state index in [1.54, 1.807) is 27.7 Å². The van der Waals surface area contributed by atoms with Gasteiger partial charge in [-0.15, -0.1) is 22.7 Å². The van der Waals surface area contributed by atoms with E-state index in [2.05, 4.69) is 17.0 Å². The number of carbonyl (C=O) groups excluding carboxylic acids is 2. The Balaban J connectivity index is 1.19. The van der Waals surface area contributed by atoms with Crippen molar-refractivity contribution in [2.45, 2.75) is 25.8 Å². The average Bonchev–Trinajstić information content (AvgIpc) is 3.62. The van der Waals surface area contributed by atoms with Gasteiger partial charge < -0.3 is 4.90 Å². The third kappa shape index (κ3) is 4.99. The average molecular weight is 493 g/mol. The van der Waals surface area contributed by atoms with Crippen molar-refractivity contribution in [3.8, 4) is 0 Å². The summed E-state index contributed by atoms with van der Waals surface area (Å²) in [5, 5.41) is 10.5. The van der Waals surface area contributed by atoms with E-state index in [1.165, 1.54) is 0 Å². The zero-order chi connectivity index (χ0) is 23.5. The van der Waals surface area contributed by atoms with Gasteiger partial charge in [-0.25, -0.2) is 5.01 Å². The molecule has 0 spiro atoms. The lowest BCUT2D eigenvalue weighted by molar-refractivity contribution is -0.136. The fourth-order valence-corrected chi connectivity index (χ4v) is 6.07. The molecule has 0 N–H and O–H groups in total. The van der Waals surface area contributed by atoms with Crippen LogP contribution in [0.3, 0.4) is 0 Å². The van der Waals surface area contributed by atoms with Crippen molar-refractivity contribution in [1.29, 1.82) is 0 Å². The first-order valence-electron chi connectivity index (χ1n) is 11.6. The summed E-state index contributed by atoms with van der Waals surface area (Å²) in [5.41, 5.74) is 3.21. The predicted octanol–water partition coefficient (Wildman–Crippen LogP) is 4.18. The van der Waals surface area contributed by atoms with Crippen LogP contribution in [0.25, 0.3) is 0 Å². The maximum Gasteiger partial charge on any atom is 0.257 e. The van der Waals surface area contributed by atoms with Crippen molar-refractivity contribution < 1.29 is 9.59 Å². The molecule has 1 atom stereocenters. The Morgan fingerprint density at radius 1 is 0.941 bits per heavy atom. The van der Waals surface area contributed by atoms with E-state index in [-0.39, 0.29) is 17.9 Å². The lowest BCUT2D eigenvalue weighted by Crippen LogP contribution is -2.51. The molecule has 2 aromatic heterocycles. The number of hydrogen-bond acceptors (Lipinski definition) is 6. The fraction of sp³-hybridized carbons (Fsp3) is 0.346. The monoisotopic (exact) mass is 492 g/mol. The number of aryl methyl sites for hydroxylation is 1. The molecule has 3 aromatic rings. The van der Waals surface area contributed by atoms with Crippen LogP contribution in [0.2, 0.25) is 0 Å². The number of hydrazone groups is 1. The molecule has 8 heteroatoms. The molecular formula is C26H28N4O2S2. The van der Waals surface area contributed by atoms with Crippen LogP contribution in [0.15, 0.2) is 64.4 Å². The van der Waals surface area contributed by atoms with E-state index in [4.69, 9.17) is 5.10 Å². The van der Waals surface area contributed by atoms with Crippen LogP contribution in [0, 0.1) is 6.92 Å². The third-order valence-corrected chi connectivity index (χ3v) is 8.42. The topological polar surface area (TPSA) is 56.2 Å². The lowest BCUT2D eigenvalue weighted by Gasteiger charge is -2.35. The van der Waals surface area contributed by atoms with Crippen LogP contribution in [0.1, 0.15) is 33.3 Å². The summed E-state index contributed by atoms with van der Waals surface area (Å²) >= 11 is 3.33. The zero-order valence-electron chi connectivity index (χ0n) is 19.2. The molecule has 176 valence electrons. The van der Waals surface area contributed by atoms with Crippen LogP contribution in [-0.4, -0.2) is 65.1 Å². The molecule has 0 bridgehead atoms. The Kier molecular flexibility index (Phi) is 6.89. The summed E-state index contributed by atoms with van der Waals surface area (Å²) in [5.74, 6) is 0.174. The van der Waals surface area contributed by atoms with E-state index in [0.29, 0.717) is 39.1 Å². The molecule has 5 rings (SSSR count). The van der Waals surface area contributed by atoms with E-state index < -0.39 is 0 Å².